The van der Waals surface area contributed by atoms with Crippen LogP contribution in [0, 0.1) is 0 Å². The number of hydrogen-bond acceptors (Lipinski definition) is 3. The second-order valence-electron chi connectivity index (χ2n) is 21.1. The molecule has 75 heavy (non-hydrogen) atoms. The molecule has 0 fully saturated rings. The van der Waals surface area contributed by atoms with Crippen LogP contribution in [0.25, 0.3) is 88.0 Å². The lowest BCUT2D eigenvalue weighted by molar-refractivity contribution is 0.447. The van der Waals surface area contributed by atoms with E-state index >= 15 is 0 Å². The summed E-state index contributed by atoms with van der Waals surface area (Å²) in [4.78, 5) is 2.41. The number of rotatable bonds is 5. The van der Waals surface area contributed by atoms with Crippen LogP contribution in [0.15, 0.2) is 253 Å². The van der Waals surface area contributed by atoms with Crippen molar-refractivity contribution >= 4 is 60.5 Å². The summed E-state index contributed by atoms with van der Waals surface area (Å²) >= 11 is 0. The van der Waals surface area contributed by atoms with Gasteiger partial charge >= 0.3 is 0 Å². The van der Waals surface area contributed by atoms with Gasteiger partial charge in [-0.1, -0.05) is 202 Å². The van der Waals surface area contributed by atoms with E-state index in [0.717, 1.165) is 94.3 Å². The Morgan fingerprint density at radius 1 is 0.307 bits per heavy atom. The third kappa shape index (κ3) is 5.92. The predicted molar refractivity (Wildman–Crippen MR) is 309 cm³/mol. The largest absolute Gasteiger partial charge is 0.456 e. The Balaban J connectivity index is 0.840. The van der Waals surface area contributed by atoms with Crippen molar-refractivity contribution in [2.45, 2.75) is 24.7 Å². The molecule has 0 atom stereocenters. The molecule has 0 saturated carbocycles. The first-order chi connectivity index (χ1) is 36.9. The molecule has 352 valence electrons. The minimum atomic E-state index is -0.625. The van der Waals surface area contributed by atoms with Crippen molar-refractivity contribution in [3.63, 3.8) is 0 Å². The van der Waals surface area contributed by atoms with Crippen LogP contribution in [0.4, 0.5) is 17.1 Å². The van der Waals surface area contributed by atoms with Gasteiger partial charge in [-0.15, -0.1) is 0 Å². The van der Waals surface area contributed by atoms with Crippen molar-refractivity contribution in [1.29, 1.82) is 0 Å². The van der Waals surface area contributed by atoms with E-state index in [1.165, 1.54) is 55.6 Å². The van der Waals surface area contributed by atoms with Crippen molar-refractivity contribution in [1.82, 2.24) is 0 Å². The predicted octanol–water partition coefficient (Wildman–Crippen LogP) is 19.5. The van der Waals surface area contributed by atoms with Crippen LogP contribution in [0.2, 0.25) is 0 Å². The first-order valence-corrected chi connectivity index (χ1v) is 26.1. The number of nitrogens with zero attached hydrogens (tertiary/aromatic N) is 1. The molecule has 2 heterocycles. The summed E-state index contributed by atoms with van der Waals surface area (Å²) in [6, 6.07) is 91.5. The van der Waals surface area contributed by atoms with Crippen LogP contribution in [-0.2, 0) is 10.8 Å². The van der Waals surface area contributed by atoms with Gasteiger partial charge in [0, 0.05) is 55.1 Å². The zero-order valence-electron chi connectivity index (χ0n) is 41.4. The zero-order chi connectivity index (χ0) is 49.6. The van der Waals surface area contributed by atoms with E-state index in [1.54, 1.807) is 0 Å². The van der Waals surface area contributed by atoms with Crippen molar-refractivity contribution < 1.29 is 9.15 Å². The van der Waals surface area contributed by atoms with Crippen LogP contribution in [0.1, 0.15) is 47.2 Å². The van der Waals surface area contributed by atoms with E-state index < -0.39 is 5.41 Å². The normalized spacial score (nSPS) is 14.1. The third-order valence-corrected chi connectivity index (χ3v) is 16.9. The Morgan fingerprint density at radius 2 is 0.787 bits per heavy atom. The minimum absolute atomic E-state index is 0.0915. The van der Waals surface area contributed by atoms with Gasteiger partial charge in [-0.2, -0.15) is 0 Å². The second-order valence-corrected chi connectivity index (χ2v) is 21.1. The quantitative estimate of drug-likeness (QED) is 0.172. The molecule has 1 aliphatic heterocycles. The Bertz CT molecular complexity index is 4450. The van der Waals surface area contributed by atoms with Crippen LogP contribution in [0.3, 0.4) is 0 Å². The molecule has 3 aliphatic rings. The van der Waals surface area contributed by atoms with E-state index in [-0.39, 0.29) is 5.41 Å². The fourth-order valence-electron chi connectivity index (χ4n) is 13.4. The molecule has 1 aromatic heterocycles. The van der Waals surface area contributed by atoms with Gasteiger partial charge in [-0.05, 0) is 138 Å². The average Bonchev–Trinajstić information content (AvgIpc) is 4.25. The summed E-state index contributed by atoms with van der Waals surface area (Å²) in [5.41, 5.74) is 21.6. The maximum atomic E-state index is 7.24. The molecule has 12 aromatic carbocycles. The molecule has 0 radical (unpaired) electrons. The van der Waals surface area contributed by atoms with E-state index in [2.05, 4.69) is 255 Å². The Morgan fingerprint density at radius 3 is 1.47 bits per heavy atom. The molecule has 16 rings (SSSR count). The molecular weight excluding hydrogens is 911 g/mol. The minimum Gasteiger partial charge on any atom is -0.456 e. The molecule has 13 aromatic rings. The molecule has 0 bridgehead atoms. The molecule has 3 nitrogen and oxygen atoms in total. The van der Waals surface area contributed by atoms with Gasteiger partial charge in [0.05, 0.1) is 5.41 Å². The fourth-order valence-corrected chi connectivity index (χ4v) is 13.4. The molecular formula is C72H47NO2. The topological polar surface area (TPSA) is 25.6 Å². The average molecular weight is 958 g/mol. The third-order valence-electron chi connectivity index (χ3n) is 16.9. The monoisotopic (exact) mass is 957 g/mol. The Hall–Kier alpha value is -9.44. The Kier molecular flexibility index (Phi) is 8.72. The first kappa shape index (κ1) is 42.1. The highest BCUT2D eigenvalue weighted by molar-refractivity contribution is 6.06. The first-order valence-electron chi connectivity index (χ1n) is 26.1. The van der Waals surface area contributed by atoms with Gasteiger partial charge in [-0.3, -0.25) is 0 Å². The summed E-state index contributed by atoms with van der Waals surface area (Å²) in [7, 11) is 0. The van der Waals surface area contributed by atoms with Crippen molar-refractivity contribution in [2.24, 2.45) is 0 Å². The highest BCUT2D eigenvalue weighted by Gasteiger charge is 2.52. The van der Waals surface area contributed by atoms with Crippen molar-refractivity contribution in [2.75, 3.05) is 4.90 Å². The van der Waals surface area contributed by atoms with Gasteiger partial charge < -0.3 is 14.1 Å². The van der Waals surface area contributed by atoms with Gasteiger partial charge in [0.25, 0.3) is 0 Å². The maximum Gasteiger partial charge on any atom is 0.140 e. The maximum absolute atomic E-state index is 7.24. The van der Waals surface area contributed by atoms with E-state index in [9.17, 15) is 0 Å². The molecule has 0 N–H and O–H groups in total. The van der Waals surface area contributed by atoms with Gasteiger partial charge in [-0.25, -0.2) is 0 Å². The smallest absolute Gasteiger partial charge is 0.140 e. The van der Waals surface area contributed by atoms with Crippen LogP contribution in [0.5, 0.6) is 11.5 Å². The highest BCUT2D eigenvalue weighted by Crippen LogP contribution is 2.64. The van der Waals surface area contributed by atoms with Crippen LogP contribution in [-0.4, -0.2) is 0 Å². The van der Waals surface area contributed by atoms with Gasteiger partial charge in [0.15, 0.2) is 0 Å². The zero-order valence-corrected chi connectivity index (χ0v) is 41.4. The Labute approximate surface area is 435 Å². The lowest BCUT2D eigenvalue weighted by Crippen LogP contribution is -2.32. The van der Waals surface area contributed by atoms with Gasteiger partial charge in [0.1, 0.15) is 22.7 Å². The SMILES string of the molecule is CC1(C)c2ccccc2-c2cc(N(c3ccc(-c4ccc5c(c4)C4(c6ccccc6-5)c5ccc6ccccc6c5Oc5c4ccc4ccccc54)cc3)c3ccc(-c4ccc5c(c4)oc4ccccc45)cc3)ccc21. The van der Waals surface area contributed by atoms with Crippen molar-refractivity contribution in [3.05, 3.63) is 282 Å². The lowest BCUT2D eigenvalue weighted by atomic mass is 9.65. The van der Waals surface area contributed by atoms with Crippen LogP contribution < -0.4 is 9.64 Å². The lowest BCUT2D eigenvalue weighted by Gasteiger charge is -2.40. The standard InChI is InChI=1S/C72H47NO2/c1-71(2)61-20-10-7-18-56(61)60-43-52(35-40-62(60)71)73(51-33-25-45(26-34-51)49-28-37-59-58-19-9-12-22-67(58)74-68(59)42-49)50-31-23-44(24-32-50)48-27-36-57-55-17-8-11-21-63(55)72(66(57)41-48)64-38-29-46-13-3-5-15-53(46)69(64)75-70-54-16-6-4-14-47(54)30-39-65(70)72/h3-43H,1-2H3. The number of ether oxygens (including phenoxy) is 1. The summed E-state index contributed by atoms with van der Waals surface area (Å²) in [5, 5.41) is 6.83. The molecule has 0 unspecified atom stereocenters. The fraction of sp³-hybridized carbons (Fsp3) is 0.0556. The highest BCUT2D eigenvalue weighted by atomic mass is 16.5. The summed E-state index contributed by atoms with van der Waals surface area (Å²) < 4.78 is 13.6. The molecule has 3 heteroatoms. The number of fused-ring (bicyclic) bond motifs is 19. The number of furan rings is 1. The van der Waals surface area contributed by atoms with E-state index in [4.69, 9.17) is 9.15 Å². The second kappa shape index (κ2) is 15.5. The summed E-state index contributed by atoms with van der Waals surface area (Å²) in [6.45, 7) is 4.69. The molecule has 2 aliphatic carbocycles. The number of anilines is 3. The van der Waals surface area contributed by atoms with E-state index in [0.29, 0.717) is 0 Å². The van der Waals surface area contributed by atoms with Crippen LogP contribution >= 0.6 is 0 Å². The van der Waals surface area contributed by atoms with Crippen molar-refractivity contribution in [3.8, 4) is 56.0 Å². The summed E-state index contributed by atoms with van der Waals surface area (Å²) in [6.07, 6.45) is 0. The number of hydrogen-bond donors (Lipinski definition) is 0. The summed E-state index contributed by atoms with van der Waals surface area (Å²) in [5.74, 6) is 1.85. The number of benzene rings is 12. The molecule has 1 spiro atoms. The molecule has 0 amide bonds. The van der Waals surface area contributed by atoms with Gasteiger partial charge in [0.2, 0.25) is 0 Å². The van der Waals surface area contributed by atoms with E-state index in [1.807, 2.05) is 12.1 Å². The molecule has 0 saturated heterocycles. The number of para-hydroxylation sites is 1.